The van der Waals surface area contributed by atoms with Gasteiger partial charge in [0.25, 0.3) is 0 Å². The van der Waals surface area contributed by atoms with E-state index in [4.69, 9.17) is 10.5 Å². The molecule has 21 heavy (non-hydrogen) atoms. The maximum atomic E-state index is 13.6. The molecule has 2 rings (SSSR count). The third kappa shape index (κ3) is 3.86. The van der Waals surface area contributed by atoms with Gasteiger partial charge in [-0.25, -0.2) is 4.39 Å². The fourth-order valence-corrected chi connectivity index (χ4v) is 1.99. The van der Waals surface area contributed by atoms with Crippen LogP contribution >= 0.6 is 0 Å². The van der Waals surface area contributed by atoms with Crippen molar-refractivity contribution in [2.24, 2.45) is 0 Å². The van der Waals surface area contributed by atoms with Crippen molar-refractivity contribution >= 4 is 11.4 Å². The number of hydrogen-bond donors (Lipinski definition) is 3. The van der Waals surface area contributed by atoms with E-state index in [1.807, 2.05) is 30.3 Å². The fraction of sp³-hybridized carbons (Fsp3) is 0.250. The summed E-state index contributed by atoms with van der Waals surface area (Å²) in [6.45, 7) is 2.42. The van der Waals surface area contributed by atoms with E-state index in [-0.39, 0.29) is 18.0 Å². The summed E-state index contributed by atoms with van der Waals surface area (Å²) in [5.74, 6) is -0.355. The molecule has 4 N–H and O–H groups in total. The summed E-state index contributed by atoms with van der Waals surface area (Å²) in [6.07, 6.45) is -0.675. The number of hydrogen-bond acceptors (Lipinski definition) is 4. The van der Waals surface area contributed by atoms with Crippen LogP contribution in [0.1, 0.15) is 18.6 Å². The van der Waals surface area contributed by atoms with Crippen LogP contribution < -0.4 is 15.8 Å². The Balaban J connectivity index is 2.07. The molecule has 0 saturated carbocycles. The quantitative estimate of drug-likeness (QED) is 0.716. The van der Waals surface area contributed by atoms with Gasteiger partial charge >= 0.3 is 0 Å². The van der Waals surface area contributed by atoms with Gasteiger partial charge in [0, 0.05) is 18.7 Å². The van der Waals surface area contributed by atoms with E-state index in [0.717, 1.165) is 5.56 Å². The Morgan fingerprint density at radius 1 is 1.29 bits per heavy atom. The van der Waals surface area contributed by atoms with Crippen LogP contribution in [0.3, 0.4) is 0 Å². The van der Waals surface area contributed by atoms with Gasteiger partial charge in [0.05, 0.1) is 24.1 Å². The van der Waals surface area contributed by atoms with E-state index in [9.17, 15) is 9.50 Å². The van der Waals surface area contributed by atoms with Crippen LogP contribution in [0, 0.1) is 5.82 Å². The van der Waals surface area contributed by atoms with Crippen LogP contribution in [0.5, 0.6) is 5.75 Å². The van der Waals surface area contributed by atoms with Gasteiger partial charge in [0.15, 0.2) is 11.6 Å². The molecule has 0 aliphatic rings. The highest BCUT2D eigenvalue weighted by Crippen LogP contribution is 2.28. The van der Waals surface area contributed by atoms with Crippen LogP contribution in [-0.2, 0) is 0 Å². The molecule has 1 unspecified atom stereocenters. The fourth-order valence-electron chi connectivity index (χ4n) is 1.99. The Labute approximate surface area is 123 Å². The lowest BCUT2D eigenvalue weighted by Gasteiger charge is -2.16. The maximum Gasteiger partial charge on any atom is 0.167 e. The number of anilines is 2. The summed E-state index contributed by atoms with van der Waals surface area (Å²) in [5, 5.41) is 13.1. The Hall–Kier alpha value is -2.27. The second-order valence-electron chi connectivity index (χ2n) is 4.61. The molecule has 0 bridgehead atoms. The highest BCUT2D eigenvalue weighted by molar-refractivity contribution is 5.68. The number of halogens is 1. The Bertz CT molecular complexity index is 590. The van der Waals surface area contributed by atoms with Gasteiger partial charge in [-0.1, -0.05) is 30.3 Å². The average Bonchev–Trinajstić information content (AvgIpc) is 2.49. The lowest BCUT2D eigenvalue weighted by molar-refractivity contribution is 0.191. The Kier molecular flexibility index (Phi) is 5.00. The van der Waals surface area contributed by atoms with Gasteiger partial charge in [-0.05, 0) is 12.5 Å². The summed E-state index contributed by atoms with van der Waals surface area (Å²) in [7, 11) is 0. The first-order valence-electron chi connectivity index (χ1n) is 6.80. The molecule has 0 aromatic heterocycles. The molecule has 5 heteroatoms. The lowest BCUT2D eigenvalue weighted by atomic mass is 10.1. The summed E-state index contributed by atoms with van der Waals surface area (Å²) in [5.41, 5.74) is 7.38. The maximum absolute atomic E-state index is 13.6. The van der Waals surface area contributed by atoms with E-state index >= 15 is 0 Å². The summed E-state index contributed by atoms with van der Waals surface area (Å²) in [4.78, 5) is 0. The Morgan fingerprint density at radius 2 is 2.00 bits per heavy atom. The van der Waals surface area contributed by atoms with Crippen LogP contribution in [0.15, 0.2) is 42.5 Å². The standard InChI is InChI=1S/C16H19FN2O2/c1-2-21-16-9-14(13(18)8-12(16)17)19-10-15(20)11-6-4-3-5-7-11/h3-9,15,19-20H,2,10,18H2,1H3. The first-order chi connectivity index (χ1) is 10.1. The van der Waals surface area contributed by atoms with Crippen molar-refractivity contribution in [1.82, 2.24) is 0 Å². The van der Waals surface area contributed by atoms with Crippen molar-refractivity contribution in [3.05, 3.63) is 53.8 Å². The minimum atomic E-state index is -0.675. The number of aliphatic hydroxyl groups is 1. The van der Waals surface area contributed by atoms with E-state index in [2.05, 4.69) is 5.32 Å². The molecule has 2 aromatic carbocycles. The van der Waals surface area contributed by atoms with Crippen molar-refractivity contribution in [1.29, 1.82) is 0 Å². The molecule has 0 fully saturated rings. The van der Waals surface area contributed by atoms with E-state index in [0.29, 0.717) is 12.3 Å². The number of aliphatic hydroxyl groups excluding tert-OH is 1. The number of nitrogen functional groups attached to an aromatic ring is 1. The zero-order chi connectivity index (χ0) is 15.2. The zero-order valence-electron chi connectivity index (χ0n) is 11.8. The average molecular weight is 290 g/mol. The largest absolute Gasteiger partial charge is 0.491 e. The third-order valence-electron chi connectivity index (χ3n) is 3.07. The van der Waals surface area contributed by atoms with Crippen LogP contribution in [0.2, 0.25) is 0 Å². The van der Waals surface area contributed by atoms with Crippen molar-refractivity contribution in [3.8, 4) is 5.75 Å². The molecule has 0 saturated heterocycles. The molecule has 0 aliphatic heterocycles. The topological polar surface area (TPSA) is 67.5 Å². The molecular formula is C16H19FN2O2. The second-order valence-corrected chi connectivity index (χ2v) is 4.61. The number of nitrogens with one attached hydrogen (secondary N) is 1. The summed E-state index contributed by atoms with van der Waals surface area (Å²) in [6, 6.07) is 12.0. The predicted molar refractivity (Wildman–Crippen MR) is 81.9 cm³/mol. The number of rotatable bonds is 6. The van der Waals surface area contributed by atoms with Gasteiger partial charge in [-0.2, -0.15) is 0 Å². The van der Waals surface area contributed by atoms with Crippen molar-refractivity contribution in [3.63, 3.8) is 0 Å². The van der Waals surface area contributed by atoms with Crippen LogP contribution in [-0.4, -0.2) is 18.3 Å². The predicted octanol–water partition coefficient (Wildman–Crippen LogP) is 2.95. The lowest BCUT2D eigenvalue weighted by Crippen LogP contribution is -2.13. The van der Waals surface area contributed by atoms with Gasteiger partial charge in [-0.15, -0.1) is 0 Å². The van der Waals surface area contributed by atoms with Crippen molar-refractivity contribution in [2.45, 2.75) is 13.0 Å². The van der Waals surface area contributed by atoms with Gasteiger partial charge in [0.1, 0.15) is 0 Å². The molecule has 0 spiro atoms. The SMILES string of the molecule is CCOc1cc(NCC(O)c2ccccc2)c(N)cc1F. The second kappa shape index (κ2) is 6.95. The van der Waals surface area contributed by atoms with Gasteiger partial charge < -0.3 is 20.9 Å². The van der Waals surface area contributed by atoms with E-state index in [1.54, 1.807) is 6.92 Å². The molecule has 112 valence electrons. The number of ether oxygens (including phenoxy) is 1. The van der Waals surface area contributed by atoms with Crippen molar-refractivity contribution in [2.75, 3.05) is 24.2 Å². The van der Waals surface area contributed by atoms with Gasteiger partial charge in [-0.3, -0.25) is 0 Å². The summed E-state index contributed by atoms with van der Waals surface area (Å²) >= 11 is 0. The first-order valence-corrected chi connectivity index (χ1v) is 6.80. The number of nitrogens with two attached hydrogens (primary N) is 1. The third-order valence-corrected chi connectivity index (χ3v) is 3.07. The molecule has 0 aliphatic carbocycles. The number of benzene rings is 2. The Morgan fingerprint density at radius 3 is 2.67 bits per heavy atom. The normalized spacial score (nSPS) is 12.0. The van der Waals surface area contributed by atoms with Gasteiger partial charge in [0.2, 0.25) is 0 Å². The molecule has 0 heterocycles. The molecule has 4 nitrogen and oxygen atoms in total. The van der Waals surface area contributed by atoms with Crippen LogP contribution in [0.4, 0.5) is 15.8 Å². The highest BCUT2D eigenvalue weighted by atomic mass is 19.1. The zero-order valence-corrected chi connectivity index (χ0v) is 11.8. The first kappa shape index (κ1) is 15.1. The molecular weight excluding hydrogens is 271 g/mol. The molecule has 1 atom stereocenters. The smallest absolute Gasteiger partial charge is 0.167 e. The molecule has 0 radical (unpaired) electrons. The van der Waals surface area contributed by atoms with E-state index in [1.165, 1.54) is 12.1 Å². The van der Waals surface area contributed by atoms with E-state index < -0.39 is 11.9 Å². The minimum Gasteiger partial charge on any atom is -0.491 e. The monoisotopic (exact) mass is 290 g/mol. The molecule has 2 aromatic rings. The van der Waals surface area contributed by atoms with Crippen molar-refractivity contribution < 1.29 is 14.2 Å². The van der Waals surface area contributed by atoms with Crippen LogP contribution in [0.25, 0.3) is 0 Å². The summed E-state index contributed by atoms with van der Waals surface area (Å²) < 4.78 is 18.8. The molecule has 0 amide bonds. The minimum absolute atomic E-state index is 0.142. The highest BCUT2D eigenvalue weighted by Gasteiger charge is 2.11.